The number of Topliss-reactive ketones (excluding diaryl/α,β-unsaturated/α-hetero) is 1. The molecule has 3 N–H and O–H groups in total. The van der Waals surface area contributed by atoms with Crippen LogP contribution in [0.3, 0.4) is 0 Å². The molecule has 1 aromatic rings. The van der Waals surface area contributed by atoms with Gasteiger partial charge in [-0.25, -0.2) is 9.59 Å². The topological polar surface area (TPSA) is 152 Å². The zero-order chi connectivity index (χ0) is 31.2. The number of benzene rings is 1. The number of nitrogens with zero attached hydrogens (tertiary/aromatic N) is 1. The number of ether oxygens (including phenoxy) is 3. The largest absolute Gasteiger partial charge is 0.467 e. The molecule has 1 saturated heterocycles. The van der Waals surface area contributed by atoms with E-state index < -0.39 is 41.7 Å². The maximum atomic E-state index is 13.7. The molecule has 3 atom stereocenters. The van der Waals surface area contributed by atoms with Crippen molar-refractivity contribution in [2.75, 3.05) is 40.0 Å². The standard InChI is InChI=1S/C31H46N4O8/c1-21(2)26(30(39)41-3)34-29(38)27(36)25(20-43-19-23-12-8-5-9-13-23)32-28(37)24(18-22-10-6-4-7-11-22)33-31(40)35-14-16-42-17-15-35/h5,8-9,12-13,21-22,24-26H,4,6-7,10-11,14-20H2,1-3H3,(H,32,37)(H,33,40)(H,34,38). The third-order valence-corrected chi connectivity index (χ3v) is 7.87. The monoisotopic (exact) mass is 602 g/mol. The van der Waals surface area contributed by atoms with Crippen molar-refractivity contribution >= 4 is 29.6 Å². The third-order valence-electron chi connectivity index (χ3n) is 7.87. The number of morpholine rings is 1. The maximum Gasteiger partial charge on any atom is 0.328 e. The second kappa shape index (κ2) is 17.6. The maximum absolute atomic E-state index is 13.7. The molecule has 4 amide bonds. The Hall–Kier alpha value is -3.51. The summed E-state index contributed by atoms with van der Waals surface area (Å²) in [6, 6.07) is 5.59. The summed E-state index contributed by atoms with van der Waals surface area (Å²) in [5, 5.41) is 7.98. The summed E-state index contributed by atoms with van der Waals surface area (Å²) in [5.41, 5.74) is 0.850. The zero-order valence-electron chi connectivity index (χ0n) is 25.5. The molecule has 1 saturated carbocycles. The number of carbonyl (C=O) groups is 5. The molecule has 3 unspecified atom stereocenters. The van der Waals surface area contributed by atoms with E-state index in [4.69, 9.17) is 14.2 Å². The van der Waals surface area contributed by atoms with Crippen molar-refractivity contribution < 1.29 is 38.2 Å². The molecule has 0 bridgehead atoms. The quantitative estimate of drug-likeness (QED) is 0.216. The first-order valence-electron chi connectivity index (χ1n) is 15.2. The van der Waals surface area contributed by atoms with Gasteiger partial charge in [0.1, 0.15) is 18.1 Å². The van der Waals surface area contributed by atoms with Gasteiger partial charge in [0.25, 0.3) is 5.91 Å². The lowest BCUT2D eigenvalue weighted by atomic mass is 9.84. The van der Waals surface area contributed by atoms with Gasteiger partial charge in [-0.1, -0.05) is 76.3 Å². The van der Waals surface area contributed by atoms with E-state index in [1.54, 1.807) is 18.7 Å². The second-order valence-electron chi connectivity index (χ2n) is 11.5. The van der Waals surface area contributed by atoms with Gasteiger partial charge in [0.2, 0.25) is 11.7 Å². The van der Waals surface area contributed by atoms with Crippen LogP contribution in [0.1, 0.15) is 57.9 Å². The van der Waals surface area contributed by atoms with Gasteiger partial charge in [0, 0.05) is 13.1 Å². The molecule has 43 heavy (non-hydrogen) atoms. The minimum Gasteiger partial charge on any atom is -0.467 e. The van der Waals surface area contributed by atoms with Gasteiger partial charge >= 0.3 is 12.0 Å². The Balaban J connectivity index is 1.76. The Morgan fingerprint density at radius 1 is 0.930 bits per heavy atom. The molecular weight excluding hydrogens is 556 g/mol. The molecule has 1 aliphatic carbocycles. The van der Waals surface area contributed by atoms with E-state index in [0.29, 0.717) is 32.7 Å². The molecule has 12 heteroatoms. The van der Waals surface area contributed by atoms with E-state index in [1.165, 1.54) is 7.11 Å². The molecule has 1 heterocycles. The van der Waals surface area contributed by atoms with Crippen LogP contribution in [0.15, 0.2) is 30.3 Å². The molecule has 12 nitrogen and oxygen atoms in total. The predicted octanol–water partition coefficient (Wildman–Crippen LogP) is 1.95. The van der Waals surface area contributed by atoms with Crippen LogP contribution in [0.25, 0.3) is 0 Å². The van der Waals surface area contributed by atoms with Crippen molar-refractivity contribution in [2.24, 2.45) is 11.8 Å². The van der Waals surface area contributed by atoms with Gasteiger partial charge in [-0.3, -0.25) is 14.4 Å². The van der Waals surface area contributed by atoms with E-state index in [2.05, 4.69) is 16.0 Å². The van der Waals surface area contributed by atoms with Crippen LogP contribution in [0, 0.1) is 11.8 Å². The van der Waals surface area contributed by atoms with Crippen LogP contribution in [0.2, 0.25) is 0 Å². The molecule has 2 aliphatic rings. The molecule has 0 spiro atoms. The Morgan fingerprint density at radius 3 is 2.23 bits per heavy atom. The summed E-state index contributed by atoms with van der Waals surface area (Å²) in [6.45, 7) is 4.94. The first kappa shape index (κ1) is 34.0. The van der Waals surface area contributed by atoms with Crippen LogP contribution in [0.5, 0.6) is 0 Å². The van der Waals surface area contributed by atoms with Gasteiger partial charge < -0.3 is 35.1 Å². The van der Waals surface area contributed by atoms with Gasteiger partial charge in [-0.2, -0.15) is 0 Å². The number of urea groups is 1. The fourth-order valence-electron chi connectivity index (χ4n) is 5.31. The number of rotatable bonds is 14. The van der Waals surface area contributed by atoms with Crippen molar-refractivity contribution in [3.05, 3.63) is 35.9 Å². The summed E-state index contributed by atoms with van der Waals surface area (Å²) in [5.74, 6) is -3.37. The summed E-state index contributed by atoms with van der Waals surface area (Å²) in [7, 11) is 1.20. The smallest absolute Gasteiger partial charge is 0.328 e. The summed E-state index contributed by atoms with van der Waals surface area (Å²) in [6.07, 6.45) is 5.57. The van der Waals surface area contributed by atoms with Crippen molar-refractivity contribution in [2.45, 2.75) is 77.1 Å². The number of hydrogen-bond donors (Lipinski definition) is 3. The summed E-state index contributed by atoms with van der Waals surface area (Å²) < 4.78 is 15.9. The molecule has 3 rings (SSSR count). The highest BCUT2D eigenvalue weighted by Gasteiger charge is 2.35. The van der Waals surface area contributed by atoms with Gasteiger partial charge in [-0.15, -0.1) is 0 Å². The van der Waals surface area contributed by atoms with Gasteiger partial charge in [0.15, 0.2) is 0 Å². The normalized spacial score (nSPS) is 17.8. The summed E-state index contributed by atoms with van der Waals surface area (Å²) in [4.78, 5) is 67.0. The number of amides is 4. The van der Waals surface area contributed by atoms with Crippen molar-refractivity contribution in [3.8, 4) is 0 Å². The fourth-order valence-corrected chi connectivity index (χ4v) is 5.31. The molecule has 0 radical (unpaired) electrons. The van der Waals surface area contributed by atoms with Crippen LogP contribution in [0.4, 0.5) is 4.79 Å². The number of ketones is 1. The molecule has 238 valence electrons. The minimum atomic E-state index is -1.35. The van der Waals surface area contributed by atoms with E-state index in [1.807, 2.05) is 30.3 Å². The first-order chi connectivity index (χ1) is 20.7. The molecule has 1 aromatic carbocycles. The molecule has 1 aliphatic heterocycles. The van der Waals surface area contributed by atoms with E-state index >= 15 is 0 Å². The zero-order valence-corrected chi connectivity index (χ0v) is 25.5. The van der Waals surface area contributed by atoms with Gasteiger partial charge in [0.05, 0.1) is 33.5 Å². The predicted molar refractivity (Wildman–Crippen MR) is 158 cm³/mol. The number of nitrogens with one attached hydrogen (secondary N) is 3. The highest BCUT2D eigenvalue weighted by Crippen LogP contribution is 2.27. The number of esters is 1. The average molecular weight is 603 g/mol. The Morgan fingerprint density at radius 2 is 1.60 bits per heavy atom. The number of methoxy groups -OCH3 is 1. The lowest BCUT2D eigenvalue weighted by Gasteiger charge is -2.31. The van der Waals surface area contributed by atoms with Crippen molar-refractivity contribution in [1.82, 2.24) is 20.9 Å². The molecule has 0 aromatic heterocycles. The minimum absolute atomic E-state index is 0.151. The van der Waals surface area contributed by atoms with Crippen molar-refractivity contribution in [3.63, 3.8) is 0 Å². The average Bonchev–Trinajstić information content (AvgIpc) is 3.03. The lowest BCUT2D eigenvalue weighted by Crippen LogP contribution is -2.58. The molecule has 2 fully saturated rings. The third kappa shape index (κ3) is 10.9. The van der Waals surface area contributed by atoms with Crippen LogP contribution in [-0.2, 0) is 40.0 Å². The highest BCUT2D eigenvalue weighted by molar-refractivity contribution is 6.38. The SMILES string of the molecule is COC(=O)C(NC(=O)C(=O)C(COCc1ccccc1)NC(=O)C(CC1CCCCC1)NC(=O)N1CCOCC1)C(C)C. The van der Waals surface area contributed by atoms with E-state index in [9.17, 15) is 24.0 Å². The number of carbonyl (C=O) groups excluding carboxylic acids is 5. The summed E-state index contributed by atoms with van der Waals surface area (Å²) >= 11 is 0. The van der Waals surface area contributed by atoms with Crippen LogP contribution in [-0.4, -0.2) is 92.6 Å². The van der Waals surface area contributed by atoms with Crippen LogP contribution < -0.4 is 16.0 Å². The Bertz CT molecular complexity index is 1070. The first-order valence-corrected chi connectivity index (χ1v) is 15.2. The van der Waals surface area contributed by atoms with E-state index in [0.717, 1.165) is 37.7 Å². The Kier molecular flexibility index (Phi) is 13.9. The van der Waals surface area contributed by atoms with E-state index in [-0.39, 0.29) is 31.1 Å². The lowest BCUT2D eigenvalue weighted by molar-refractivity contribution is -0.148. The molecular formula is C31H46N4O8. The van der Waals surface area contributed by atoms with Crippen LogP contribution >= 0.6 is 0 Å². The number of hydrogen-bond acceptors (Lipinski definition) is 8. The second-order valence-corrected chi connectivity index (χ2v) is 11.5. The Labute approximate surface area is 253 Å². The van der Waals surface area contributed by atoms with Crippen molar-refractivity contribution in [1.29, 1.82) is 0 Å². The fraction of sp³-hybridized carbons (Fsp3) is 0.645. The van der Waals surface area contributed by atoms with Gasteiger partial charge in [-0.05, 0) is 23.8 Å². The highest BCUT2D eigenvalue weighted by atomic mass is 16.5.